The Morgan fingerprint density at radius 1 is 1.09 bits per heavy atom. The van der Waals surface area contributed by atoms with Gasteiger partial charge in [0.25, 0.3) is 0 Å². The second-order valence-corrected chi connectivity index (χ2v) is 5.36. The predicted octanol–water partition coefficient (Wildman–Crippen LogP) is 3.29. The van der Waals surface area contributed by atoms with Crippen LogP contribution in [0.5, 0.6) is 5.75 Å². The van der Waals surface area contributed by atoms with Crippen LogP contribution in [0.15, 0.2) is 30.3 Å². The van der Waals surface area contributed by atoms with Crippen LogP contribution in [0.1, 0.15) is 25.2 Å². The molecule has 0 radical (unpaired) electrons. The number of anilines is 2. The van der Waals surface area contributed by atoms with Crippen LogP contribution < -0.4 is 15.0 Å². The minimum atomic E-state index is 0.793. The molecule has 0 aliphatic carbocycles. The molecule has 1 N–H and O–H groups in total. The van der Waals surface area contributed by atoms with E-state index < -0.39 is 0 Å². The number of rotatable bonds is 8. The highest BCUT2D eigenvalue weighted by atomic mass is 16.5. The van der Waals surface area contributed by atoms with Gasteiger partial charge in [0.2, 0.25) is 0 Å². The van der Waals surface area contributed by atoms with Crippen molar-refractivity contribution in [1.29, 1.82) is 0 Å². The molecule has 0 saturated carbocycles. The summed E-state index contributed by atoms with van der Waals surface area (Å²) >= 11 is 0. The number of hydrogen-bond acceptors (Lipinski definition) is 5. The van der Waals surface area contributed by atoms with Gasteiger partial charge in [0.15, 0.2) is 0 Å². The third-order valence-electron chi connectivity index (χ3n) is 3.79. The normalized spacial score (nSPS) is 10.4. The summed E-state index contributed by atoms with van der Waals surface area (Å²) in [6, 6.07) is 10.2. The highest BCUT2D eigenvalue weighted by Crippen LogP contribution is 2.16. The van der Waals surface area contributed by atoms with Gasteiger partial charge in [-0.05, 0) is 44.9 Å². The van der Waals surface area contributed by atoms with Crippen LogP contribution >= 0.6 is 0 Å². The number of nitrogens with zero attached hydrogens (tertiary/aromatic N) is 3. The van der Waals surface area contributed by atoms with Gasteiger partial charge in [-0.1, -0.05) is 12.1 Å². The number of methoxy groups -OCH3 is 1. The summed E-state index contributed by atoms with van der Waals surface area (Å²) < 4.78 is 5.18. The first kappa shape index (κ1) is 17.1. The quantitative estimate of drug-likeness (QED) is 0.810. The van der Waals surface area contributed by atoms with Gasteiger partial charge in [-0.3, -0.25) is 0 Å². The Morgan fingerprint density at radius 2 is 1.78 bits per heavy atom. The van der Waals surface area contributed by atoms with Gasteiger partial charge in [-0.15, -0.1) is 0 Å². The zero-order valence-corrected chi connectivity index (χ0v) is 14.5. The zero-order chi connectivity index (χ0) is 16.7. The van der Waals surface area contributed by atoms with Crippen LogP contribution in [-0.2, 0) is 6.42 Å². The topological polar surface area (TPSA) is 50.3 Å². The maximum Gasteiger partial charge on any atom is 0.134 e. The minimum Gasteiger partial charge on any atom is -0.497 e. The molecule has 0 amide bonds. The van der Waals surface area contributed by atoms with Crippen LogP contribution in [0.2, 0.25) is 0 Å². The summed E-state index contributed by atoms with van der Waals surface area (Å²) in [5.41, 5.74) is 1.27. The van der Waals surface area contributed by atoms with E-state index in [1.165, 1.54) is 5.56 Å². The first-order valence-electron chi connectivity index (χ1n) is 8.13. The van der Waals surface area contributed by atoms with E-state index in [-0.39, 0.29) is 0 Å². The van der Waals surface area contributed by atoms with E-state index in [2.05, 4.69) is 46.2 Å². The maximum atomic E-state index is 5.18. The molecule has 5 heteroatoms. The first-order chi connectivity index (χ1) is 11.2. The summed E-state index contributed by atoms with van der Waals surface area (Å²) in [7, 11) is 1.68. The molecule has 0 fully saturated rings. The SMILES string of the molecule is CCN(CC)c1cc(NCCc2ccc(OC)cc2)nc(C)n1. The third kappa shape index (κ3) is 4.84. The molecule has 1 aromatic heterocycles. The lowest BCUT2D eigenvalue weighted by molar-refractivity contribution is 0.414. The molecule has 1 heterocycles. The van der Waals surface area contributed by atoms with Crippen molar-refractivity contribution in [2.45, 2.75) is 27.2 Å². The summed E-state index contributed by atoms with van der Waals surface area (Å²) in [4.78, 5) is 11.2. The molecule has 0 spiro atoms. The average Bonchev–Trinajstić information content (AvgIpc) is 2.56. The lowest BCUT2D eigenvalue weighted by Crippen LogP contribution is -2.23. The molecule has 0 atom stereocenters. The van der Waals surface area contributed by atoms with Crippen molar-refractivity contribution in [1.82, 2.24) is 9.97 Å². The van der Waals surface area contributed by atoms with Crippen LogP contribution in [0, 0.1) is 6.92 Å². The minimum absolute atomic E-state index is 0.793. The Hall–Kier alpha value is -2.30. The van der Waals surface area contributed by atoms with E-state index in [1.807, 2.05) is 25.1 Å². The van der Waals surface area contributed by atoms with Crippen molar-refractivity contribution in [3.8, 4) is 5.75 Å². The molecule has 1 aromatic carbocycles. The largest absolute Gasteiger partial charge is 0.497 e. The number of benzene rings is 1. The van der Waals surface area contributed by atoms with Gasteiger partial charge in [0, 0.05) is 25.7 Å². The van der Waals surface area contributed by atoms with Crippen molar-refractivity contribution >= 4 is 11.6 Å². The van der Waals surface area contributed by atoms with E-state index >= 15 is 0 Å². The van der Waals surface area contributed by atoms with Gasteiger partial charge in [0.1, 0.15) is 23.2 Å². The highest BCUT2D eigenvalue weighted by Gasteiger charge is 2.07. The fraction of sp³-hybridized carbons (Fsp3) is 0.444. The fourth-order valence-electron chi connectivity index (χ4n) is 2.48. The lowest BCUT2D eigenvalue weighted by atomic mass is 10.1. The summed E-state index contributed by atoms with van der Waals surface area (Å²) in [5.74, 6) is 3.54. The standard InChI is InChI=1S/C18H26N4O/c1-5-22(6-2)18-13-17(20-14(3)21-18)19-12-11-15-7-9-16(23-4)10-8-15/h7-10,13H,5-6,11-12H2,1-4H3,(H,19,20,21). The Labute approximate surface area is 138 Å². The fourth-order valence-corrected chi connectivity index (χ4v) is 2.48. The van der Waals surface area contributed by atoms with E-state index in [0.717, 1.165) is 49.3 Å². The number of aromatic nitrogens is 2. The predicted molar refractivity (Wildman–Crippen MR) is 95.5 cm³/mol. The van der Waals surface area contributed by atoms with Crippen molar-refractivity contribution < 1.29 is 4.74 Å². The Kier molecular flexibility index (Phi) is 6.20. The molecule has 0 saturated heterocycles. The van der Waals surface area contributed by atoms with E-state index in [9.17, 15) is 0 Å². The van der Waals surface area contributed by atoms with E-state index in [4.69, 9.17) is 4.74 Å². The van der Waals surface area contributed by atoms with Gasteiger partial charge in [-0.2, -0.15) is 0 Å². The molecular formula is C18H26N4O. The maximum absolute atomic E-state index is 5.18. The van der Waals surface area contributed by atoms with E-state index in [0.29, 0.717) is 0 Å². The summed E-state index contributed by atoms with van der Waals surface area (Å²) in [6.45, 7) is 8.92. The molecule has 0 aliphatic heterocycles. The van der Waals surface area contributed by atoms with Gasteiger partial charge in [-0.25, -0.2) is 9.97 Å². The molecule has 124 valence electrons. The van der Waals surface area contributed by atoms with Gasteiger partial charge >= 0.3 is 0 Å². The third-order valence-corrected chi connectivity index (χ3v) is 3.79. The summed E-state index contributed by atoms with van der Waals surface area (Å²) in [6.07, 6.45) is 0.938. The van der Waals surface area contributed by atoms with Crippen LogP contribution in [0.3, 0.4) is 0 Å². The van der Waals surface area contributed by atoms with Crippen molar-refractivity contribution in [2.75, 3.05) is 37.0 Å². The van der Waals surface area contributed by atoms with Crippen LogP contribution in [0.4, 0.5) is 11.6 Å². The molecule has 0 unspecified atom stereocenters. The average molecular weight is 314 g/mol. The number of hydrogen-bond donors (Lipinski definition) is 1. The second kappa shape index (κ2) is 8.36. The Bertz CT molecular complexity index is 609. The van der Waals surface area contributed by atoms with Crippen molar-refractivity contribution in [2.24, 2.45) is 0 Å². The zero-order valence-electron chi connectivity index (χ0n) is 14.5. The van der Waals surface area contributed by atoms with E-state index in [1.54, 1.807) is 7.11 Å². The number of nitrogens with one attached hydrogen (secondary N) is 1. The van der Waals surface area contributed by atoms with Crippen molar-refractivity contribution in [3.63, 3.8) is 0 Å². The molecule has 2 aromatic rings. The Balaban J connectivity index is 1.96. The smallest absolute Gasteiger partial charge is 0.134 e. The first-order valence-corrected chi connectivity index (χ1v) is 8.13. The van der Waals surface area contributed by atoms with Crippen LogP contribution in [0.25, 0.3) is 0 Å². The molecule has 0 aliphatic rings. The summed E-state index contributed by atoms with van der Waals surface area (Å²) in [5, 5.41) is 3.40. The highest BCUT2D eigenvalue weighted by molar-refractivity contribution is 5.49. The number of aryl methyl sites for hydroxylation is 1. The van der Waals surface area contributed by atoms with Crippen molar-refractivity contribution in [3.05, 3.63) is 41.7 Å². The molecule has 0 bridgehead atoms. The van der Waals surface area contributed by atoms with Gasteiger partial charge in [0.05, 0.1) is 7.11 Å². The second-order valence-electron chi connectivity index (χ2n) is 5.36. The Morgan fingerprint density at radius 3 is 2.39 bits per heavy atom. The molecule has 23 heavy (non-hydrogen) atoms. The number of ether oxygens (including phenoxy) is 1. The molecule has 5 nitrogen and oxygen atoms in total. The van der Waals surface area contributed by atoms with Crippen LogP contribution in [-0.4, -0.2) is 36.7 Å². The molecular weight excluding hydrogens is 288 g/mol. The lowest BCUT2D eigenvalue weighted by Gasteiger charge is -2.20. The van der Waals surface area contributed by atoms with Gasteiger partial charge < -0.3 is 15.0 Å². The molecule has 2 rings (SSSR count). The monoisotopic (exact) mass is 314 g/mol.